The molecule has 0 bridgehead atoms. The van der Waals surface area contributed by atoms with Gasteiger partial charge >= 0.3 is 0 Å². The Labute approximate surface area is 113 Å². The van der Waals surface area contributed by atoms with Crippen LogP contribution >= 0.6 is 0 Å². The van der Waals surface area contributed by atoms with E-state index in [2.05, 4.69) is 5.32 Å². The number of ether oxygens (including phenoxy) is 2. The zero-order chi connectivity index (χ0) is 13.9. The second-order valence-electron chi connectivity index (χ2n) is 4.85. The van der Waals surface area contributed by atoms with E-state index in [1.54, 1.807) is 25.3 Å². The van der Waals surface area contributed by atoms with Crippen molar-refractivity contribution in [3.63, 3.8) is 0 Å². The number of benzene rings is 1. The highest BCUT2D eigenvalue weighted by atomic mass is 16.5. The quantitative estimate of drug-likeness (QED) is 0.792. The number of amides is 1. The Morgan fingerprint density at radius 3 is 2.68 bits per heavy atom. The van der Waals surface area contributed by atoms with Crippen molar-refractivity contribution in [3.8, 4) is 5.75 Å². The summed E-state index contributed by atoms with van der Waals surface area (Å²) in [5.74, 6) is 0.260. The van der Waals surface area contributed by atoms with Gasteiger partial charge in [-0.05, 0) is 31.4 Å². The molecule has 0 unspecified atom stereocenters. The molecule has 0 heterocycles. The van der Waals surface area contributed by atoms with E-state index in [0.717, 1.165) is 19.3 Å². The van der Waals surface area contributed by atoms with Gasteiger partial charge in [0.1, 0.15) is 11.3 Å². The molecular formula is C14H20N2O3. The second kappa shape index (κ2) is 5.48. The van der Waals surface area contributed by atoms with Crippen molar-refractivity contribution < 1.29 is 14.3 Å². The van der Waals surface area contributed by atoms with Crippen molar-refractivity contribution in [2.75, 3.05) is 26.5 Å². The first-order valence-corrected chi connectivity index (χ1v) is 6.38. The van der Waals surface area contributed by atoms with Crippen molar-refractivity contribution in [1.82, 2.24) is 5.32 Å². The van der Waals surface area contributed by atoms with Gasteiger partial charge in [0.2, 0.25) is 0 Å². The molecule has 1 aliphatic carbocycles. The van der Waals surface area contributed by atoms with Crippen LogP contribution in [0, 0.1) is 0 Å². The number of carbonyl (C=O) groups excluding carboxylic acids is 1. The number of nitrogens with two attached hydrogens (primary N) is 1. The molecule has 5 nitrogen and oxygen atoms in total. The molecule has 3 N–H and O–H groups in total. The van der Waals surface area contributed by atoms with E-state index in [9.17, 15) is 4.79 Å². The number of nitrogens with one attached hydrogen (secondary N) is 1. The third-order valence-electron chi connectivity index (χ3n) is 3.77. The Hall–Kier alpha value is -1.75. The minimum absolute atomic E-state index is 0.202. The SMILES string of the molecule is COc1cccc(N)c1C(=O)NCC1(OC)CCC1. The third kappa shape index (κ3) is 2.66. The summed E-state index contributed by atoms with van der Waals surface area (Å²) in [4.78, 5) is 12.2. The number of anilines is 1. The molecule has 0 spiro atoms. The predicted molar refractivity (Wildman–Crippen MR) is 73.3 cm³/mol. The molecule has 1 amide bonds. The molecule has 0 saturated heterocycles. The van der Waals surface area contributed by atoms with Crippen LogP contribution in [0.4, 0.5) is 5.69 Å². The molecule has 0 atom stereocenters. The third-order valence-corrected chi connectivity index (χ3v) is 3.77. The van der Waals surface area contributed by atoms with Gasteiger partial charge in [-0.1, -0.05) is 6.07 Å². The molecule has 1 saturated carbocycles. The highest BCUT2D eigenvalue weighted by molar-refractivity contribution is 6.01. The van der Waals surface area contributed by atoms with Gasteiger partial charge in [-0.2, -0.15) is 0 Å². The van der Waals surface area contributed by atoms with Crippen LogP contribution in [0.5, 0.6) is 5.75 Å². The van der Waals surface area contributed by atoms with Crippen molar-refractivity contribution in [1.29, 1.82) is 0 Å². The molecule has 1 fully saturated rings. The Balaban J connectivity index is 2.08. The summed E-state index contributed by atoms with van der Waals surface area (Å²) in [6.07, 6.45) is 3.09. The van der Waals surface area contributed by atoms with E-state index in [-0.39, 0.29) is 11.5 Å². The molecule has 104 valence electrons. The number of hydrogen-bond donors (Lipinski definition) is 2. The van der Waals surface area contributed by atoms with Crippen molar-refractivity contribution in [3.05, 3.63) is 23.8 Å². The smallest absolute Gasteiger partial charge is 0.257 e. The average Bonchev–Trinajstić information content (AvgIpc) is 2.37. The summed E-state index contributed by atoms with van der Waals surface area (Å²) in [6.45, 7) is 0.500. The van der Waals surface area contributed by atoms with Gasteiger partial charge < -0.3 is 20.5 Å². The van der Waals surface area contributed by atoms with E-state index >= 15 is 0 Å². The normalized spacial score (nSPS) is 16.5. The van der Waals surface area contributed by atoms with Crippen LogP contribution in [0.2, 0.25) is 0 Å². The van der Waals surface area contributed by atoms with Gasteiger partial charge in [0.05, 0.1) is 12.7 Å². The molecular weight excluding hydrogens is 244 g/mol. The fourth-order valence-corrected chi connectivity index (χ4v) is 2.32. The average molecular weight is 264 g/mol. The van der Waals surface area contributed by atoms with Crippen LogP contribution in [0.25, 0.3) is 0 Å². The molecule has 1 aromatic carbocycles. The summed E-state index contributed by atoms with van der Waals surface area (Å²) in [6, 6.07) is 5.17. The molecule has 2 rings (SSSR count). The maximum absolute atomic E-state index is 12.2. The summed E-state index contributed by atoms with van der Waals surface area (Å²) in [5.41, 5.74) is 6.44. The van der Waals surface area contributed by atoms with E-state index in [1.165, 1.54) is 7.11 Å². The Morgan fingerprint density at radius 2 is 2.16 bits per heavy atom. The summed E-state index contributed by atoms with van der Waals surface area (Å²) >= 11 is 0. The highest BCUT2D eigenvalue weighted by Gasteiger charge is 2.37. The Morgan fingerprint density at radius 1 is 1.42 bits per heavy atom. The number of hydrogen-bond acceptors (Lipinski definition) is 4. The van der Waals surface area contributed by atoms with Crippen LogP contribution in [-0.4, -0.2) is 32.3 Å². The van der Waals surface area contributed by atoms with Crippen LogP contribution in [0.1, 0.15) is 29.6 Å². The number of carbonyl (C=O) groups is 1. The highest BCUT2D eigenvalue weighted by Crippen LogP contribution is 2.34. The zero-order valence-electron chi connectivity index (χ0n) is 11.4. The zero-order valence-corrected chi connectivity index (χ0v) is 11.4. The largest absolute Gasteiger partial charge is 0.496 e. The van der Waals surface area contributed by atoms with E-state index < -0.39 is 0 Å². The van der Waals surface area contributed by atoms with Gasteiger partial charge in [-0.3, -0.25) is 4.79 Å². The summed E-state index contributed by atoms with van der Waals surface area (Å²) < 4.78 is 10.6. The first-order chi connectivity index (χ1) is 9.12. The van der Waals surface area contributed by atoms with E-state index in [4.69, 9.17) is 15.2 Å². The Kier molecular flexibility index (Phi) is 3.95. The lowest BCUT2D eigenvalue weighted by molar-refractivity contribution is -0.0679. The molecule has 1 aliphatic rings. The predicted octanol–water partition coefficient (Wildman–Crippen LogP) is 1.58. The second-order valence-corrected chi connectivity index (χ2v) is 4.85. The maximum Gasteiger partial charge on any atom is 0.257 e. The molecule has 19 heavy (non-hydrogen) atoms. The molecule has 0 aromatic heterocycles. The van der Waals surface area contributed by atoms with Gasteiger partial charge in [-0.25, -0.2) is 0 Å². The molecule has 5 heteroatoms. The van der Waals surface area contributed by atoms with Crippen molar-refractivity contribution >= 4 is 11.6 Å². The van der Waals surface area contributed by atoms with Gasteiger partial charge in [0.15, 0.2) is 0 Å². The number of rotatable bonds is 5. The summed E-state index contributed by atoms with van der Waals surface area (Å²) in [5, 5.41) is 2.88. The fraction of sp³-hybridized carbons (Fsp3) is 0.500. The number of methoxy groups -OCH3 is 2. The van der Waals surface area contributed by atoms with Crippen molar-refractivity contribution in [2.24, 2.45) is 0 Å². The topological polar surface area (TPSA) is 73.6 Å². The van der Waals surface area contributed by atoms with E-state index in [0.29, 0.717) is 23.5 Å². The number of nitrogen functional groups attached to an aromatic ring is 1. The Bertz CT molecular complexity index is 464. The van der Waals surface area contributed by atoms with Gasteiger partial charge in [0, 0.05) is 19.3 Å². The summed E-state index contributed by atoms with van der Waals surface area (Å²) in [7, 11) is 3.21. The molecule has 0 aliphatic heterocycles. The van der Waals surface area contributed by atoms with Gasteiger partial charge in [0.25, 0.3) is 5.91 Å². The minimum atomic E-state index is -0.224. The van der Waals surface area contributed by atoms with E-state index in [1.807, 2.05) is 0 Å². The minimum Gasteiger partial charge on any atom is -0.496 e. The standard InChI is InChI=1S/C14H20N2O3/c1-18-11-6-3-5-10(15)12(11)13(17)16-9-14(19-2)7-4-8-14/h3,5-6H,4,7-9,15H2,1-2H3,(H,16,17). The first kappa shape index (κ1) is 13.7. The van der Waals surface area contributed by atoms with Gasteiger partial charge in [-0.15, -0.1) is 0 Å². The van der Waals surface area contributed by atoms with Crippen LogP contribution in [0.3, 0.4) is 0 Å². The molecule has 1 aromatic rings. The lowest BCUT2D eigenvalue weighted by Gasteiger charge is -2.40. The first-order valence-electron chi connectivity index (χ1n) is 6.38. The van der Waals surface area contributed by atoms with Crippen LogP contribution < -0.4 is 15.8 Å². The fourth-order valence-electron chi connectivity index (χ4n) is 2.32. The monoisotopic (exact) mass is 264 g/mol. The molecule has 0 radical (unpaired) electrons. The maximum atomic E-state index is 12.2. The van der Waals surface area contributed by atoms with Crippen LogP contribution in [-0.2, 0) is 4.74 Å². The lowest BCUT2D eigenvalue weighted by Crippen LogP contribution is -2.49. The van der Waals surface area contributed by atoms with Crippen LogP contribution in [0.15, 0.2) is 18.2 Å². The lowest BCUT2D eigenvalue weighted by atomic mass is 9.80. The van der Waals surface area contributed by atoms with Crippen molar-refractivity contribution in [2.45, 2.75) is 24.9 Å².